The van der Waals surface area contributed by atoms with Crippen molar-refractivity contribution < 1.29 is 0 Å². The van der Waals surface area contributed by atoms with Gasteiger partial charge in [0.15, 0.2) is 0 Å². The summed E-state index contributed by atoms with van der Waals surface area (Å²) in [5.74, 6) is 0. The van der Waals surface area contributed by atoms with E-state index >= 15 is 0 Å². The molecule has 0 aliphatic rings. The fraction of sp³-hybridized carbons (Fsp3) is 0. The lowest BCUT2D eigenvalue weighted by Crippen LogP contribution is -1.94. The van der Waals surface area contributed by atoms with Crippen LogP contribution in [0.4, 0.5) is 0 Å². The fourth-order valence-corrected chi connectivity index (χ4v) is 8.55. The predicted octanol–water partition coefficient (Wildman–Crippen LogP) is 12.9. The first-order chi connectivity index (χ1) is 25.8. The lowest BCUT2D eigenvalue weighted by Gasteiger charge is -2.18. The van der Waals surface area contributed by atoms with Gasteiger partial charge in [0, 0.05) is 47.0 Å². The van der Waals surface area contributed by atoms with Crippen molar-refractivity contribution >= 4 is 55.0 Å². The minimum Gasteiger partial charge on any atom is -0.256 e. The Morgan fingerprint density at radius 1 is 0.365 bits per heavy atom. The Kier molecular flexibility index (Phi) is 7.48. The Morgan fingerprint density at radius 3 is 1.48 bits per heavy atom. The van der Waals surface area contributed by atoms with Crippen LogP contribution < -0.4 is 0 Å². The molecule has 6 heteroatoms. The summed E-state index contributed by atoms with van der Waals surface area (Å²) in [5, 5.41) is 7.06. The van der Waals surface area contributed by atoms with Gasteiger partial charge in [-0.25, -0.2) is 0 Å². The molecule has 244 valence electrons. The van der Waals surface area contributed by atoms with Gasteiger partial charge < -0.3 is 0 Å². The third-order valence-electron chi connectivity index (χ3n) is 9.82. The van der Waals surface area contributed by atoms with Crippen molar-refractivity contribution in [2.45, 2.75) is 0 Å². The summed E-state index contributed by atoms with van der Waals surface area (Å²) in [5.41, 5.74) is 14.7. The maximum Gasteiger partial charge on any atom is 0.0797 e. The average Bonchev–Trinajstić information content (AvgIpc) is 3.96. The van der Waals surface area contributed by atoms with Gasteiger partial charge in [-0.1, -0.05) is 103 Å². The van der Waals surface area contributed by atoms with Gasteiger partial charge in [0.05, 0.1) is 32.2 Å². The van der Waals surface area contributed by atoms with Crippen LogP contribution in [0.3, 0.4) is 0 Å². The van der Waals surface area contributed by atoms with Crippen molar-refractivity contribution in [3.05, 3.63) is 169 Å². The molecular formula is C46H28N4S2. The van der Waals surface area contributed by atoms with Crippen molar-refractivity contribution in [2.24, 2.45) is 0 Å². The first-order valence-corrected chi connectivity index (χ1v) is 18.8. The van der Waals surface area contributed by atoms with E-state index in [-0.39, 0.29) is 0 Å². The Labute approximate surface area is 308 Å². The molecule has 6 aromatic carbocycles. The zero-order chi connectivity index (χ0) is 34.4. The second kappa shape index (κ2) is 12.8. The van der Waals surface area contributed by atoms with Gasteiger partial charge in [-0.15, -0.1) is 22.7 Å². The van der Waals surface area contributed by atoms with Crippen molar-refractivity contribution in [2.75, 3.05) is 0 Å². The van der Waals surface area contributed by atoms with E-state index < -0.39 is 0 Å². The minimum atomic E-state index is 0.929. The number of hydrogen-bond acceptors (Lipinski definition) is 6. The molecule has 0 saturated heterocycles. The normalized spacial score (nSPS) is 11.5. The molecule has 4 aromatic heterocycles. The molecule has 0 saturated carbocycles. The lowest BCUT2D eigenvalue weighted by molar-refractivity contribution is 1.33. The monoisotopic (exact) mass is 700 g/mol. The van der Waals surface area contributed by atoms with Gasteiger partial charge in [-0.3, -0.25) is 19.9 Å². The summed E-state index contributed by atoms with van der Waals surface area (Å²) >= 11 is 3.24. The van der Waals surface area contributed by atoms with Crippen LogP contribution in [0.2, 0.25) is 0 Å². The molecule has 0 amide bonds. The van der Waals surface area contributed by atoms with Gasteiger partial charge in [0.1, 0.15) is 0 Å². The molecule has 0 atom stereocenters. The van der Waals surface area contributed by atoms with E-state index in [4.69, 9.17) is 9.97 Å². The molecule has 4 nitrogen and oxygen atoms in total. The summed E-state index contributed by atoms with van der Waals surface area (Å²) in [6.07, 6.45) is 7.71. The molecule has 10 rings (SSSR count). The molecule has 0 aliphatic heterocycles. The standard InChI is InChI=1S/C46H28N4S2/c1-2-8-35-30(6-1)7-5-11-36(35)31-14-12-29(13-15-31)32-16-19-39-40(22-32)46(42-21-18-34(24-50-42)44-26-48-28-52-44)38-10-4-3-9-37(38)45(39)41-20-17-33(23-49-41)43-25-47-27-51-43/h1-28H. The Bertz CT molecular complexity index is 2860. The van der Waals surface area contributed by atoms with E-state index in [9.17, 15) is 0 Å². The summed E-state index contributed by atoms with van der Waals surface area (Å²) in [4.78, 5) is 20.9. The molecule has 0 radical (unpaired) electrons. The van der Waals surface area contributed by atoms with Crippen LogP contribution in [0.1, 0.15) is 0 Å². The highest BCUT2D eigenvalue weighted by Gasteiger charge is 2.19. The highest BCUT2D eigenvalue weighted by atomic mass is 32.1. The zero-order valence-corrected chi connectivity index (χ0v) is 29.4. The highest BCUT2D eigenvalue weighted by Crippen LogP contribution is 2.44. The number of aromatic nitrogens is 4. The molecular weight excluding hydrogens is 673 g/mol. The van der Waals surface area contributed by atoms with Crippen LogP contribution in [-0.2, 0) is 0 Å². The van der Waals surface area contributed by atoms with E-state index in [1.807, 2.05) is 35.8 Å². The quantitative estimate of drug-likeness (QED) is 0.162. The van der Waals surface area contributed by atoms with Gasteiger partial charge in [0.2, 0.25) is 0 Å². The van der Waals surface area contributed by atoms with Crippen molar-refractivity contribution in [1.82, 2.24) is 19.9 Å². The minimum absolute atomic E-state index is 0.929. The fourth-order valence-electron chi connectivity index (χ4n) is 7.32. The first-order valence-electron chi connectivity index (χ1n) is 17.1. The SMILES string of the molecule is c1ccc2c(-c3ccc(-c4ccc5c(-c6ccc(-c7cncs7)cn6)c6ccccc6c(-c6ccc(-c7cncs7)cn6)c5c4)cc3)cccc2c1. The van der Waals surface area contributed by atoms with Crippen LogP contribution in [0.5, 0.6) is 0 Å². The number of nitrogens with zero attached hydrogens (tertiary/aromatic N) is 4. The third-order valence-corrected chi connectivity index (χ3v) is 11.5. The van der Waals surface area contributed by atoms with E-state index in [1.165, 1.54) is 21.9 Å². The van der Waals surface area contributed by atoms with E-state index in [0.29, 0.717) is 0 Å². The number of rotatable bonds is 6. The van der Waals surface area contributed by atoms with Crippen LogP contribution >= 0.6 is 22.7 Å². The molecule has 0 unspecified atom stereocenters. The number of pyridine rings is 2. The summed E-state index contributed by atoms with van der Waals surface area (Å²) in [7, 11) is 0. The topological polar surface area (TPSA) is 51.6 Å². The molecule has 0 fully saturated rings. The Morgan fingerprint density at radius 2 is 0.885 bits per heavy atom. The van der Waals surface area contributed by atoms with Crippen molar-refractivity contribution in [1.29, 1.82) is 0 Å². The van der Waals surface area contributed by atoms with Gasteiger partial charge in [-0.2, -0.15) is 0 Å². The Balaban J connectivity index is 1.16. The molecule has 10 aromatic rings. The second-order valence-corrected chi connectivity index (χ2v) is 14.5. The van der Waals surface area contributed by atoms with Gasteiger partial charge in [-0.05, 0) is 84.9 Å². The summed E-state index contributed by atoms with van der Waals surface area (Å²) < 4.78 is 0. The van der Waals surface area contributed by atoms with E-state index in [2.05, 4.69) is 143 Å². The van der Waals surface area contributed by atoms with Crippen molar-refractivity contribution in [3.8, 4) is 65.6 Å². The number of thiazole rings is 2. The predicted molar refractivity (Wildman–Crippen MR) is 219 cm³/mol. The number of benzene rings is 6. The van der Waals surface area contributed by atoms with Crippen LogP contribution in [0, 0.1) is 0 Å². The van der Waals surface area contributed by atoms with Gasteiger partial charge in [0.25, 0.3) is 0 Å². The van der Waals surface area contributed by atoms with Crippen LogP contribution in [0.15, 0.2) is 169 Å². The first kappa shape index (κ1) is 30.5. The Hall–Kier alpha value is -6.34. The average molecular weight is 701 g/mol. The zero-order valence-electron chi connectivity index (χ0n) is 27.8. The molecule has 0 bridgehead atoms. The molecule has 52 heavy (non-hydrogen) atoms. The molecule has 0 aliphatic carbocycles. The van der Waals surface area contributed by atoms with E-state index in [0.717, 1.165) is 76.1 Å². The smallest absolute Gasteiger partial charge is 0.0797 e. The van der Waals surface area contributed by atoms with Crippen LogP contribution in [0.25, 0.3) is 98.0 Å². The lowest BCUT2D eigenvalue weighted by atomic mass is 9.87. The highest BCUT2D eigenvalue weighted by molar-refractivity contribution is 7.13. The van der Waals surface area contributed by atoms with Crippen molar-refractivity contribution in [3.63, 3.8) is 0 Å². The molecule has 0 spiro atoms. The van der Waals surface area contributed by atoms with E-state index in [1.54, 1.807) is 22.7 Å². The maximum absolute atomic E-state index is 5.08. The molecule has 4 heterocycles. The van der Waals surface area contributed by atoms with Gasteiger partial charge >= 0.3 is 0 Å². The summed E-state index contributed by atoms with van der Waals surface area (Å²) in [6, 6.07) is 48.1. The maximum atomic E-state index is 5.08. The number of fused-ring (bicyclic) bond motifs is 3. The largest absolute Gasteiger partial charge is 0.256 e. The van der Waals surface area contributed by atoms with Crippen LogP contribution in [-0.4, -0.2) is 19.9 Å². The summed E-state index contributed by atoms with van der Waals surface area (Å²) in [6.45, 7) is 0. The third kappa shape index (κ3) is 5.28. The second-order valence-electron chi connectivity index (χ2n) is 12.8. The molecule has 0 N–H and O–H groups in total. The number of hydrogen-bond donors (Lipinski definition) is 0.